The summed E-state index contributed by atoms with van der Waals surface area (Å²) in [5.74, 6) is -0.194. The summed E-state index contributed by atoms with van der Waals surface area (Å²) in [5.41, 5.74) is 4.81. The molecule has 4 aromatic carbocycles. The minimum absolute atomic E-state index is 0.194. The zero-order chi connectivity index (χ0) is 24.3. The lowest BCUT2D eigenvalue weighted by atomic mass is 9.84. The number of hydrogen-bond donors (Lipinski definition) is 1. The number of hydrogen-bond acceptors (Lipinski definition) is 4. The van der Waals surface area contributed by atoms with E-state index < -0.39 is 5.54 Å². The lowest BCUT2D eigenvalue weighted by Gasteiger charge is -2.28. The molecule has 0 spiro atoms. The Morgan fingerprint density at radius 1 is 0.743 bits per heavy atom. The molecule has 4 aromatic rings. The first-order chi connectivity index (χ1) is 17.1. The quantitative estimate of drug-likeness (QED) is 0.352. The summed E-state index contributed by atoms with van der Waals surface area (Å²) in [6, 6.07) is 35.7. The summed E-state index contributed by atoms with van der Waals surface area (Å²) in [7, 11) is 0. The molecule has 5 heteroatoms. The van der Waals surface area contributed by atoms with Crippen molar-refractivity contribution in [3.63, 3.8) is 0 Å². The van der Waals surface area contributed by atoms with E-state index in [1.165, 1.54) is 11.8 Å². The highest BCUT2D eigenvalue weighted by Crippen LogP contribution is 2.45. The molecule has 1 aliphatic heterocycles. The maximum Gasteiger partial charge on any atom is 0.257 e. The second kappa shape index (κ2) is 9.72. The van der Waals surface area contributed by atoms with Crippen LogP contribution < -0.4 is 5.32 Å². The predicted octanol–water partition coefficient (Wildman–Crippen LogP) is 6.81. The SMILES string of the molecule is Cc1cccc(C)c1N=C1SC(NC(=O)c2ccccc2)=NC1(c1ccccc1)c1ccccc1. The van der Waals surface area contributed by atoms with Crippen molar-refractivity contribution in [1.29, 1.82) is 0 Å². The molecule has 4 nitrogen and oxygen atoms in total. The van der Waals surface area contributed by atoms with Crippen LogP contribution in [0, 0.1) is 13.8 Å². The third-order valence-corrected chi connectivity index (χ3v) is 7.03. The summed E-state index contributed by atoms with van der Waals surface area (Å²) in [4.78, 5) is 23.4. The molecule has 0 saturated carbocycles. The van der Waals surface area contributed by atoms with Crippen molar-refractivity contribution in [2.45, 2.75) is 19.4 Å². The first kappa shape index (κ1) is 22.8. The molecule has 0 aromatic heterocycles. The number of thioether (sulfide) groups is 1. The molecule has 1 heterocycles. The van der Waals surface area contributed by atoms with E-state index in [1.807, 2.05) is 60.7 Å². The van der Waals surface area contributed by atoms with E-state index in [1.54, 1.807) is 12.1 Å². The maximum atomic E-state index is 13.0. The molecule has 0 unspecified atom stereocenters. The zero-order valence-corrected chi connectivity index (χ0v) is 20.4. The number of rotatable bonds is 4. The Labute approximate surface area is 209 Å². The molecule has 0 aliphatic carbocycles. The van der Waals surface area contributed by atoms with E-state index in [0.29, 0.717) is 10.7 Å². The molecule has 0 saturated heterocycles. The van der Waals surface area contributed by atoms with Gasteiger partial charge in [-0.2, -0.15) is 0 Å². The Kier molecular flexibility index (Phi) is 6.34. The van der Waals surface area contributed by atoms with E-state index in [-0.39, 0.29) is 5.91 Å². The van der Waals surface area contributed by atoms with E-state index in [9.17, 15) is 4.79 Å². The van der Waals surface area contributed by atoms with Gasteiger partial charge in [0.15, 0.2) is 10.7 Å². The molecule has 0 fully saturated rings. The van der Waals surface area contributed by atoms with E-state index >= 15 is 0 Å². The Bertz CT molecular complexity index is 1350. The fourth-order valence-electron chi connectivity index (χ4n) is 4.29. The minimum Gasteiger partial charge on any atom is -0.301 e. The van der Waals surface area contributed by atoms with E-state index in [4.69, 9.17) is 9.98 Å². The number of amides is 1. The molecular weight excluding hydrogens is 450 g/mol. The molecule has 35 heavy (non-hydrogen) atoms. The van der Waals surface area contributed by atoms with E-state index in [0.717, 1.165) is 33.0 Å². The number of aliphatic imine (C=N–C) groups is 2. The van der Waals surface area contributed by atoms with Crippen molar-refractivity contribution in [2.75, 3.05) is 0 Å². The molecule has 0 bridgehead atoms. The summed E-state index contributed by atoms with van der Waals surface area (Å²) in [6.45, 7) is 4.13. The van der Waals surface area contributed by atoms with Gasteiger partial charge in [-0.1, -0.05) is 97.1 Å². The van der Waals surface area contributed by atoms with Crippen molar-refractivity contribution in [3.05, 3.63) is 137 Å². The van der Waals surface area contributed by atoms with Gasteiger partial charge in [0.2, 0.25) is 0 Å². The second-order valence-electron chi connectivity index (χ2n) is 8.44. The van der Waals surface area contributed by atoms with Crippen LogP contribution >= 0.6 is 11.8 Å². The number of nitrogens with one attached hydrogen (secondary N) is 1. The smallest absolute Gasteiger partial charge is 0.257 e. The summed E-state index contributed by atoms with van der Waals surface area (Å²) in [5, 5.41) is 4.35. The van der Waals surface area contributed by atoms with Gasteiger partial charge in [0.25, 0.3) is 5.91 Å². The molecule has 0 atom stereocenters. The van der Waals surface area contributed by atoms with Crippen molar-refractivity contribution < 1.29 is 4.79 Å². The van der Waals surface area contributed by atoms with Gasteiger partial charge in [0, 0.05) is 5.56 Å². The van der Waals surface area contributed by atoms with Crippen LogP contribution in [0.4, 0.5) is 5.69 Å². The fourth-order valence-corrected chi connectivity index (χ4v) is 5.36. The highest BCUT2D eigenvalue weighted by Gasteiger charge is 2.46. The first-order valence-corrected chi connectivity index (χ1v) is 12.3. The summed E-state index contributed by atoms with van der Waals surface area (Å²) < 4.78 is 0. The van der Waals surface area contributed by atoms with Crippen LogP contribution in [0.15, 0.2) is 119 Å². The van der Waals surface area contributed by atoms with Gasteiger partial charge < -0.3 is 5.32 Å². The normalized spacial score (nSPS) is 15.6. The Morgan fingerprint density at radius 3 is 1.80 bits per heavy atom. The Hall–Kier alpha value is -3.96. The number of aryl methyl sites for hydroxylation is 2. The van der Waals surface area contributed by atoms with Crippen molar-refractivity contribution in [1.82, 2.24) is 5.32 Å². The van der Waals surface area contributed by atoms with Crippen LogP contribution in [-0.4, -0.2) is 16.1 Å². The Morgan fingerprint density at radius 2 is 1.26 bits per heavy atom. The molecule has 1 N–H and O–H groups in total. The van der Waals surface area contributed by atoms with Gasteiger partial charge in [0.05, 0.1) is 5.69 Å². The molecule has 5 rings (SSSR count). The topological polar surface area (TPSA) is 53.8 Å². The van der Waals surface area contributed by atoms with Crippen LogP contribution in [0.25, 0.3) is 0 Å². The first-order valence-electron chi connectivity index (χ1n) is 11.5. The number of carbonyl (C=O) groups is 1. The third-order valence-electron chi connectivity index (χ3n) is 6.06. The average Bonchev–Trinajstić information content (AvgIpc) is 3.26. The molecule has 1 amide bonds. The number of nitrogens with zero attached hydrogens (tertiary/aromatic N) is 2. The highest BCUT2D eigenvalue weighted by molar-refractivity contribution is 8.27. The second-order valence-corrected chi connectivity index (χ2v) is 9.42. The lowest BCUT2D eigenvalue weighted by molar-refractivity contribution is 0.0978. The number of amidine groups is 1. The molecule has 172 valence electrons. The minimum atomic E-state index is -0.874. The molecular formula is C30H25N3OS. The van der Waals surface area contributed by atoms with Gasteiger partial charge >= 0.3 is 0 Å². The van der Waals surface area contributed by atoms with Crippen molar-refractivity contribution in [3.8, 4) is 0 Å². The zero-order valence-electron chi connectivity index (χ0n) is 19.6. The number of carbonyl (C=O) groups excluding carboxylic acids is 1. The van der Waals surface area contributed by atoms with Gasteiger partial charge in [0.1, 0.15) is 5.04 Å². The van der Waals surface area contributed by atoms with Crippen LogP contribution in [0.1, 0.15) is 32.6 Å². The highest BCUT2D eigenvalue weighted by atomic mass is 32.2. The number of benzene rings is 4. The van der Waals surface area contributed by atoms with Gasteiger partial charge in [-0.3, -0.25) is 4.79 Å². The van der Waals surface area contributed by atoms with Crippen LogP contribution in [0.5, 0.6) is 0 Å². The molecule has 0 radical (unpaired) electrons. The Balaban J connectivity index is 1.70. The standard InChI is InChI=1S/C30H25N3OS/c1-21-13-12-14-22(2)26(21)31-28-30(24-17-8-4-9-18-24,25-19-10-5-11-20-25)33-29(35-28)32-27(34)23-15-6-3-7-16-23/h3-20H,1-2H3,(H,32,33,34). The van der Waals surface area contributed by atoms with E-state index in [2.05, 4.69) is 55.6 Å². The predicted molar refractivity (Wildman–Crippen MR) is 146 cm³/mol. The summed E-state index contributed by atoms with van der Waals surface area (Å²) in [6.07, 6.45) is 0. The van der Waals surface area contributed by atoms with Crippen LogP contribution in [0.2, 0.25) is 0 Å². The summed E-state index contributed by atoms with van der Waals surface area (Å²) >= 11 is 1.41. The van der Waals surface area contributed by atoms with Gasteiger partial charge in [-0.05, 0) is 60.0 Å². The largest absolute Gasteiger partial charge is 0.301 e. The van der Waals surface area contributed by atoms with Crippen molar-refractivity contribution in [2.24, 2.45) is 9.98 Å². The lowest BCUT2D eigenvalue weighted by Crippen LogP contribution is -2.31. The monoisotopic (exact) mass is 475 g/mol. The van der Waals surface area contributed by atoms with Crippen LogP contribution in [0.3, 0.4) is 0 Å². The average molecular weight is 476 g/mol. The molecule has 1 aliphatic rings. The van der Waals surface area contributed by atoms with Crippen LogP contribution in [-0.2, 0) is 5.54 Å². The third kappa shape index (κ3) is 4.43. The van der Waals surface area contributed by atoms with Gasteiger partial charge in [-0.25, -0.2) is 9.98 Å². The fraction of sp³-hybridized carbons (Fsp3) is 0.100. The maximum absolute atomic E-state index is 13.0. The van der Waals surface area contributed by atoms with Crippen molar-refractivity contribution >= 4 is 33.6 Å². The van der Waals surface area contributed by atoms with Gasteiger partial charge in [-0.15, -0.1) is 0 Å². The number of para-hydroxylation sites is 1.